The Morgan fingerprint density at radius 1 is 1.03 bits per heavy atom. The van der Waals surface area contributed by atoms with Gasteiger partial charge in [-0.25, -0.2) is 4.71 Å². The molecule has 3 rings (SSSR count). The second kappa shape index (κ2) is 11.8. The van der Waals surface area contributed by atoms with E-state index in [9.17, 15) is 9.46 Å². The van der Waals surface area contributed by atoms with Crippen LogP contribution in [-0.4, -0.2) is 42.9 Å². The number of phosphoric ester groups is 1. The van der Waals surface area contributed by atoms with E-state index in [4.69, 9.17) is 29.8 Å². The molecule has 0 N–H and O–H groups in total. The van der Waals surface area contributed by atoms with E-state index in [1.165, 1.54) is 0 Å². The van der Waals surface area contributed by atoms with Gasteiger partial charge in [0.15, 0.2) is 12.4 Å². The number of rotatable bonds is 7. The summed E-state index contributed by atoms with van der Waals surface area (Å²) in [4.78, 5) is 13.4. The molecule has 1 aliphatic rings. The zero-order valence-corrected chi connectivity index (χ0v) is 20.9. The molecule has 30 heavy (non-hydrogen) atoms. The Bertz CT molecular complexity index is 876. The number of pyridine rings is 1. The summed E-state index contributed by atoms with van der Waals surface area (Å²) in [6.07, 6.45) is 8.00. The molecule has 0 spiro atoms. The molecule has 2 heterocycles. The maximum absolute atomic E-state index is 11.3. The van der Waals surface area contributed by atoms with E-state index in [0.29, 0.717) is 0 Å². The van der Waals surface area contributed by atoms with Crippen molar-refractivity contribution in [2.75, 3.05) is 38.3 Å². The summed E-state index contributed by atoms with van der Waals surface area (Å²) in [6, 6.07) is 10.8. The zero-order chi connectivity index (χ0) is 20.9. The molecule has 0 aliphatic carbocycles. The summed E-state index contributed by atoms with van der Waals surface area (Å²) in [5.74, 6) is 0.210. The number of hydrogen-bond acceptors (Lipinski definition) is 8. The molecule has 1 fully saturated rings. The van der Waals surface area contributed by atoms with Crippen LogP contribution < -0.4 is 19.1 Å². The van der Waals surface area contributed by atoms with Crippen molar-refractivity contribution in [2.45, 2.75) is 4.71 Å². The fourth-order valence-electron chi connectivity index (χ4n) is 2.88. The van der Waals surface area contributed by atoms with Crippen molar-refractivity contribution in [1.29, 1.82) is 0 Å². The summed E-state index contributed by atoms with van der Waals surface area (Å²) in [7, 11) is -3.22. The van der Waals surface area contributed by atoms with Gasteiger partial charge in [-0.2, -0.15) is 5.01 Å². The molecule has 7 nitrogen and oxygen atoms in total. The molecule has 0 saturated carbocycles. The van der Waals surface area contributed by atoms with Crippen molar-refractivity contribution in [3.8, 4) is 5.75 Å². The number of nitrogens with zero attached hydrogens (tertiary/aromatic N) is 3. The second-order valence-electron chi connectivity index (χ2n) is 6.43. The Balaban J connectivity index is 0.00000320. The molecule has 1 saturated heterocycles. The third-order valence-corrected chi connectivity index (χ3v) is 6.02. The van der Waals surface area contributed by atoms with Crippen molar-refractivity contribution < 1.29 is 45.6 Å². The smallest absolute Gasteiger partial charge is 0.319 e. The molecule has 1 atom stereocenters. The van der Waals surface area contributed by atoms with Gasteiger partial charge in [0.1, 0.15) is 5.75 Å². The number of piperazine rings is 1. The Morgan fingerprint density at radius 3 is 2.07 bits per heavy atom. The van der Waals surface area contributed by atoms with Gasteiger partial charge in [0.25, 0.3) is 0 Å². The standard InChI is InChI=1S/C19H24N3O4PS2.Au/c1-25-27(23,24)26-18-6-4-16(5-7-18)2-3-17-8-10-21(11-9-17)22-14-12-20(13-15-22)19(28)29;/h2-11,19H,12-15H2,1H3,(H2-,23,24,28,29);/p-2/b3-2+;. The first kappa shape index (κ1) is 25.5. The third kappa shape index (κ3) is 7.44. The van der Waals surface area contributed by atoms with E-state index in [1.807, 2.05) is 36.7 Å². The van der Waals surface area contributed by atoms with Gasteiger partial charge >= 0.3 is 7.82 Å². The topological polar surface area (TPSA) is 69.0 Å². The molecule has 167 valence electrons. The van der Waals surface area contributed by atoms with Crippen LogP contribution in [0.2, 0.25) is 0 Å². The number of aromatic nitrogens is 1. The van der Waals surface area contributed by atoms with E-state index in [0.717, 1.165) is 44.4 Å². The van der Waals surface area contributed by atoms with Gasteiger partial charge in [-0.05, 0) is 23.3 Å². The van der Waals surface area contributed by atoms with Crippen LogP contribution >= 0.6 is 7.82 Å². The molecule has 2 aromatic rings. The zero-order valence-electron chi connectivity index (χ0n) is 16.2. The minimum absolute atomic E-state index is 0. The van der Waals surface area contributed by atoms with Crippen LogP contribution in [0.1, 0.15) is 11.1 Å². The van der Waals surface area contributed by atoms with E-state index in [-0.39, 0.29) is 32.8 Å². The molecule has 1 aliphatic heterocycles. The molecule has 1 unspecified atom stereocenters. The van der Waals surface area contributed by atoms with Crippen LogP contribution in [0.5, 0.6) is 5.75 Å². The number of phosphoric acid groups is 1. The average Bonchev–Trinajstić information content (AvgIpc) is 2.73. The van der Waals surface area contributed by atoms with Crippen molar-refractivity contribution >= 4 is 45.2 Å². The van der Waals surface area contributed by atoms with Gasteiger partial charge in [0.05, 0.1) is 13.1 Å². The normalized spacial score (nSPS) is 17.0. The predicted molar refractivity (Wildman–Crippen MR) is 115 cm³/mol. The SMILES string of the molecule is COP(=O)([O-])Oc1ccc(/C=C/c2cc[n+](N3CCN(C([S-])[S-])CC3)cc2)cc1.[Au]. The summed E-state index contributed by atoms with van der Waals surface area (Å²) in [5, 5.41) is 2.25. The molecule has 1 radical (unpaired) electrons. The summed E-state index contributed by atoms with van der Waals surface area (Å²) >= 11 is 10.3. The van der Waals surface area contributed by atoms with Crippen molar-refractivity contribution in [2.24, 2.45) is 0 Å². The molecule has 1 aromatic carbocycles. The van der Waals surface area contributed by atoms with Gasteiger partial charge in [0.2, 0.25) is 0 Å². The Morgan fingerprint density at radius 2 is 1.57 bits per heavy atom. The van der Waals surface area contributed by atoms with Gasteiger partial charge in [-0.1, -0.05) is 29.0 Å². The predicted octanol–water partition coefficient (Wildman–Crippen LogP) is 1.27. The van der Waals surface area contributed by atoms with Gasteiger partial charge in [0, 0.05) is 54.7 Å². The van der Waals surface area contributed by atoms with Crippen LogP contribution in [0.25, 0.3) is 12.2 Å². The van der Waals surface area contributed by atoms with Crippen molar-refractivity contribution in [3.05, 3.63) is 59.9 Å². The van der Waals surface area contributed by atoms with Gasteiger partial charge < -0.3 is 44.1 Å². The Hall–Kier alpha value is -0.740. The maximum atomic E-state index is 11.3. The summed E-state index contributed by atoms with van der Waals surface area (Å²) in [6.45, 7) is 3.52. The minimum atomic E-state index is -4.29. The number of benzene rings is 1. The number of hydrogen-bond donors (Lipinski definition) is 0. The molecule has 0 bridgehead atoms. The van der Waals surface area contributed by atoms with E-state index in [1.54, 1.807) is 24.3 Å². The molecule has 1 aromatic heterocycles. The summed E-state index contributed by atoms with van der Waals surface area (Å²) in [5.41, 5.74) is 1.98. The summed E-state index contributed by atoms with van der Waals surface area (Å²) < 4.78 is 22.2. The Kier molecular flexibility index (Phi) is 10.0. The third-order valence-electron chi connectivity index (χ3n) is 4.54. The second-order valence-corrected chi connectivity index (χ2v) is 9.07. The molecule has 11 heteroatoms. The molecular formula is C19H22AuN3O4PS2-2. The Labute approximate surface area is 203 Å². The van der Waals surface area contributed by atoms with E-state index in [2.05, 4.69) is 19.1 Å². The fourth-order valence-corrected chi connectivity index (χ4v) is 3.76. The van der Waals surface area contributed by atoms with Crippen LogP contribution in [-0.2, 0) is 56.7 Å². The first-order valence-corrected chi connectivity index (χ1v) is 11.4. The first-order chi connectivity index (χ1) is 13.9. The maximum Gasteiger partial charge on any atom is 0.319 e. The first-order valence-electron chi connectivity index (χ1n) is 9.03. The quantitative estimate of drug-likeness (QED) is 0.193. The van der Waals surface area contributed by atoms with Gasteiger partial charge in [-0.3, -0.25) is 4.57 Å². The van der Waals surface area contributed by atoms with Crippen LogP contribution in [0.4, 0.5) is 0 Å². The average molecular weight is 648 g/mol. The van der Waals surface area contributed by atoms with Crippen molar-refractivity contribution in [1.82, 2.24) is 4.90 Å². The van der Waals surface area contributed by atoms with Crippen LogP contribution in [0, 0.1) is 0 Å². The van der Waals surface area contributed by atoms with E-state index < -0.39 is 7.82 Å². The van der Waals surface area contributed by atoms with Crippen molar-refractivity contribution in [3.63, 3.8) is 0 Å². The molecular weight excluding hydrogens is 626 g/mol. The van der Waals surface area contributed by atoms with Crippen LogP contribution in [0.3, 0.4) is 0 Å². The minimum Gasteiger partial charge on any atom is -0.800 e. The fraction of sp³-hybridized carbons (Fsp3) is 0.316. The largest absolute Gasteiger partial charge is 0.800 e. The molecule has 0 amide bonds. The van der Waals surface area contributed by atoms with E-state index >= 15 is 0 Å². The monoisotopic (exact) mass is 648 g/mol. The van der Waals surface area contributed by atoms with Crippen LogP contribution in [0.15, 0.2) is 48.8 Å². The van der Waals surface area contributed by atoms with Gasteiger partial charge in [-0.15, -0.1) is 0 Å².